The van der Waals surface area contributed by atoms with Gasteiger partial charge in [-0.3, -0.25) is 18.6 Å². The van der Waals surface area contributed by atoms with E-state index in [4.69, 9.17) is 19.1 Å². The van der Waals surface area contributed by atoms with Crippen LogP contribution in [0.1, 0.15) is 110 Å². The van der Waals surface area contributed by atoms with E-state index in [1.165, 1.54) is 71.1 Å². The summed E-state index contributed by atoms with van der Waals surface area (Å²) in [5.41, 5.74) is 0. The summed E-state index contributed by atoms with van der Waals surface area (Å²) in [4.78, 5) is 32.9. The minimum Gasteiger partial charge on any atom is -0.462 e. The highest BCUT2D eigenvalue weighted by molar-refractivity contribution is 7.47. The zero-order chi connectivity index (χ0) is 27.1. The summed E-state index contributed by atoms with van der Waals surface area (Å²) in [6.45, 7) is 1.29. The highest BCUT2D eigenvalue weighted by atomic mass is 31.2. The van der Waals surface area contributed by atoms with Crippen LogP contribution in [-0.4, -0.2) is 65.7 Å². The Kier molecular flexibility index (Phi) is 22.5. The van der Waals surface area contributed by atoms with Gasteiger partial charge in [-0.15, -0.1) is 0 Å². The van der Waals surface area contributed by atoms with Gasteiger partial charge in [0, 0.05) is 13.3 Å². The molecule has 0 saturated carbocycles. The molecule has 0 bridgehead atoms. The summed E-state index contributed by atoms with van der Waals surface area (Å²) in [6, 6.07) is 0. The maximum Gasteiger partial charge on any atom is 0.472 e. The maximum atomic E-state index is 12.2. The highest BCUT2D eigenvalue weighted by Crippen LogP contribution is 2.43. The second-order valence-corrected chi connectivity index (χ2v) is 10.6. The molecule has 0 aliphatic rings. The van der Waals surface area contributed by atoms with Gasteiger partial charge in [-0.2, -0.15) is 0 Å². The number of phosphoric ester groups is 1. The summed E-state index contributed by atoms with van der Waals surface area (Å²) < 4.78 is 31.2. The van der Waals surface area contributed by atoms with E-state index in [1.807, 2.05) is 0 Å². The maximum absolute atomic E-state index is 12.2. The average Bonchev–Trinajstić information content (AvgIpc) is 2.84. The number of hydrogen-bond acceptors (Lipinski definition) is 9. The Labute approximate surface area is 216 Å². The first-order valence-corrected chi connectivity index (χ1v) is 14.9. The van der Waals surface area contributed by atoms with E-state index >= 15 is 0 Å². The van der Waals surface area contributed by atoms with Crippen LogP contribution >= 0.6 is 7.82 Å². The van der Waals surface area contributed by atoms with Crippen LogP contribution in [0.5, 0.6) is 0 Å². The Morgan fingerprint density at radius 3 is 1.72 bits per heavy atom. The topological polar surface area (TPSA) is 149 Å². The number of carbonyl (C=O) groups excluding carboxylic acids is 2. The summed E-state index contributed by atoms with van der Waals surface area (Å²) >= 11 is 0. The summed E-state index contributed by atoms with van der Waals surface area (Å²) in [6.07, 6.45) is 14.7. The highest BCUT2D eigenvalue weighted by Gasteiger charge is 2.26. The fourth-order valence-corrected chi connectivity index (χ4v) is 4.27. The van der Waals surface area contributed by atoms with E-state index in [1.54, 1.807) is 0 Å². The van der Waals surface area contributed by atoms with E-state index in [9.17, 15) is 24.2 Å². The molecule has 214 valence electrons. The number of unbranched alkanes of at least 4 members (excludes halogenated alkanes) is 13. The normalized spacial score (nSPS) is 14.7. The van der Waals surface area contributed by atoms with Crippen LogP contribution in [0.3, 0.4) is 0 Å². The largest absolute Gasteiger partial charge is 0.472 e. The summed E-state index contributed by atoms with van der Waals surface area (Å²) in [5.74, 6) is -1.11. The monoisotopic (exact) mass is 540 g/mol. The smallest absolute Gasteiger partial charge is 0.462 e. The molecule has 0 radical (unpaired) electrons. The van der Waals surface area contributed by atoms with Crippen LogP contribution in [0.4, 0.5) is 0 Å². The van der Waals surface area contributed by atoms with E-state index in [0.29, 0.717) is 6.42 Å². The zero-order valence-corrected chi connectivity index (χ0v) is 23.1. The minimum atomic E-state index is -4.56. The van der Waals surface area contributed by atoms with Crippen molar-refractivity contribution < 1.29 is 47.8 Å². The standard InChI is InChI=1S/C25H49O10P/c1-3-4-5-6-7-8-9-10-11-12-13-14-15-16-17-25(29)35-24(20-32-22(2)27)21-34-36(30,31)33-19-23(28)18-26/h23-24,26,28H,3-21H2,1-2H3,(H,30,31). The third-order valence-corrected chi connectivity index (χ3v) is 6.52. The van der Waals surface area contributed by atoms with Crippen molar-refractivity contribution in [1.82, 2.24) is 0 Å². The van der Waals surface area contributed by atoms with Crippen molar-refractivity contribution in [2.45, 2.75) is 122 Å². The van der Waals surface area contributed by atoms with Crippen LogP contribution in [0.2, 0.25) is 0 Å². The quantitative estimate of drug-likeness (QED) is 0.0836. The Balaban J connectivity index is 4.00. The summed E-state index contributed by atoms with van der Waals surface area (Å²) in [7, 11) is -4.56. The Morgan fingerprint density at radius 1 is 0.778 bits per heavy atom. The molecule has 0 spiro atoms. The number of phosphoric acid groups is 1. The molecule has 0 amide bonds. The lowest BCUT2D eigenvalue weighted by Gasteiger charge is -2.20. The van der Waals surface area contributed by atoms with Gasteiger partial charge in [-0.25, -0.2) is 4.57 Å². The van der Waals surface area contributed by atoms with Gasteiger partial charge < -0.3 is 24.6 Å². The first kappa shape index (κ1) is 35.0. The fourth-order valence-electron chi connectivity index (χ4n) is 3.48. The third-order valence-electron chi connectivity index (χ3n) is 5.57. The second-order valence-electron chi connectivity index (χ2n) is 9.16. The number of aliphatic hydroxyl groups excluding tert-OH is 2. The molecule has 0 aliphatic heterocycles. The molecular weight excluding hydrogens is 491 g/mol. The SMILES string of the molecule is CCCCCCCCCCCCCCCCC(=O)OC(COC(C)=O)COP(=O)(O)OCC(O)CO. The second kappa shape index (κ2) is 23.1. The van der Waals surface area contributed by atoms with E-state index in [-0.39, 0.29) is 13.0 Å². The number of carbonyl (C=O) groups is 2. The number of esters is 2. The molecule has 0 aromatic carbocycles. The summed E-state index contributed by atoms with van der Waals surface area (Å²) in [5, 5.41) is 17.9. The molecule has 0 rings (SSSR count). The Hall–Kier alpha value is -1.03. The number of hydrogen-bond donors (Lipinski definition) is 3. The molecule has 0 saturated heterocycles. The van der Waals surface area contributed by atoms with Gasteiger partial charge in [0.15, 0.2) is 6.10 Å². The lowest BCUT2D eigenvalue weighted by atomic mass is 10.0. The molecule has 0 heterocycles. The minimum absolute atomic E-state index is 0.185. The van der Waals surface area contributed by atoms with Crippen molar-refractivity contribution in [2.75, 3.05) is 26.4 Å². The lowest BCUT2D eigenvalue weighted by Crippen LogP contribution is -2.29. The molecule has 3 N–H and O–H groups in total. The number of ether oxygens (including phenoxy) is 2. The van der Waals surface area contributed by atoms with Crippen molar-refractivity contribution in [3.05, 3.63) is 0 Å². The van der Waals surface area contributed by atoms with Gasteiger partial charge in [0.1, 0.15) is 12.7 Å². The average molecular weight is 541 g/mol. The Morgan fingerprint density at radius 2 is 1.25 bits per heavy atom. The van der Waals surface area contributed by atoms with Gasteiger partial charge in [-0.05, 0) is 6.42 Å². The molecule has 3 unspecified atom stereocenters. The molecular formula is C25H49O10P. The van der Waals surface area contributed by atoms with Crippen molar-refractivity contribution in [2.24, 2.45) is 0 Å². The van der Waals surface area contributed by atoms with Gasteiger partial charge in [0.05, 0.1) is 19.8 Å². The number of rotatable bonds is 25. The first-order chi connectivity index (χ1) is 17.2. The van der Waals surface area contributed by atoms with Crippen LogP contribution in [0.15, 0.2) is 0 Å². The lowest BCUT2D eigenvalue weighted by molar-refractivity contribution is -0.160. The van der Waals surface area contributed by atoms with E-state index in [0.717, 1.165) is 19.3 Å². The van der Waals surface area contributed by atoms with Gasteiger partial charge >= 0.3 is 19.8 Å². The zero-order valence-electron chi connectivity index (χ0n) is 22.2. The molecule has 36 heavy (non-hydrogen) atoms. The molecule has 0 aromatic rings. The van der Waals surface area contributed by atoms with Crippen molar-refractivity contribution in [3.8, 4) is 0 Å². The first-order valence-electron chi connectivity index (χ1n) is 13.4. The van der Waals surface area contributed by atoms with Crippen LogP contribution in [0.25, 0.3) is 0 Å². The van der Waals surface area contributed by atoms with Gasteiger partial charge in [-0.1, -0.05) is 90.4 Å². The van der Waals surface area contributed by atoms with Crippen LogP contribution in [-0.2, 0) is 32.7 Å². The fraction of sp³-hybridized carbons (Fsp3) is 0.920. The van der Waals surface area contributed by atoms with Gasteiger partial charge in [0.25, 0.3) is 0 Å². The van der Waals surface area contributed by atoms with Crippen LogP contribution in [0, 0.1) is 0 Å². The third kappa shape index (κ3) is 23.4. The van der Waals surface area contributed by atoms with Crippen LogP contribution < -0.4 is 0 Å². The molecule has 0 aliphatic carbocycles. The Bertz CT molecular complexity index is 601. The van der Waals surface area contributed by atoms with E-state index < -0.39 is 51.8 Å². The molecule has 0 aromatic heterocycles. The number of aliphatic hydroxyl groups is 2. The molecule has 11 heteroatoms. The van der Waals surface area contributed by atoms with Crippen molar-refractivity contribution in [1.29, 1.82) is 0 Å². The molecule has 0 fully saturated rings. The predicted octanol–water partition coefficient (Wildman–Crippen LogP) is 4.82. The molecule has 3 atom stereocenters. The molecule has 10 nitrogen and oxygen atoms in total. The predicted molar refractivity (Wildman–Crippen MR) is 136 cm³/mol. The van der Waals surface area contributed by atoms with E-state index in [2.05, 4.69) is 11.4 Å². The van der Waals surface area contributed by atoms with Gasteiger partial charge in [0.2, 0.25) is 0 Å². The van der Waals surface area contributed by atoms with Crippen molar-refractivity contribution >= 4 is 19.8 Å². The van der Waals surface area contributed by atoms with Crippen molar-refractivity contribution in [3.63, 3.8) is 0 Å².